The van der Waals surface area contributed by atoms with Gasteiger partial charge < -0.3 is 5.73 Å². The molecular formula is C14H23N3O2S. The Labute approximate surface area is 121 Å². The number of piperazine rings is 1. The van der Waals surface area contributed by atoms with Crippen molar-refractivity contribution in [2.75, 3.05) is 31.9 Å². The summed E-state index contributed by atoms with van der Waals surface area (Å²) in [6, 6.07) is 6.92. The van der Waals surface area contributed by atoms with Crippen LogP contribution in [0, 0.1) is 0 Å². The van der Waals surface area contributed by atoms with Crippen LogP contribution in [0.1, 0.15) is 20.3 Å². The van der Waals surface area contributed by atoms with E-state index < -0.39 is 10.0 Å². The maximum Gasteiger partial charge on any atom is 0.243 e. The molecule has 2 N–H and O–H groups in total. The average molecular weight is 297 g/mol. The Morgan fingerprint density at radius 1 is 1.15 bits per heavy atom. The van der Waals surface area contributed by atoms with Crippen molar-refractivity contribution in [3.05, 3.63) is 24.3 Å². The minimum absolute atomic E-state index is 0.323. The lowest BCUT2D eigenvalue weighted by Crippen LogP contribution is -2.51. The molecule has 1 aliphatic rings. The van der Waals surface area contributed by atoms with E-state index in [9.17, 15) is 8.42 Å². The maximum atomic E-state index is 12.5. The molecular weight excluding hydrogens is 274 g/mol. The lowest BCUT2D eigenvalue weighted by molar-refractivity contribution is 0.142. The number of sulfonamides is 1. The van der Waals surface area contributed by atoms with Crippen LogP contribution >= 0.6 is 0 Å². The normalized spacial score (nSPS) is 19.9. The molecule has 1 heterocycles. The Morgan fingerprint density at radius 2 is 1.70 bits per heavy atom. The molecule has 0 bridgehead atoms. The Morgan fingerprint density at radius 3 is 2.20 bits per heavy atom. The van der Waals surface area contributed by atoms with E-state index in [1.807, 2.05) is 0 Å². The number of nitrogens with zero attached hydrogens (tertiary/aromatic N) is 2. The molecule has 6 heteroatoms. The number of nitrogen functional groups attached to an aromatic ring is 1. The van der Waals surface area contributed by atoms with Gasteiger partial charge in [-0.1, -0.05) is 6.92 Å². The first kappa shape index (κ1) is 15.3. The lowest BCUT2D eigenvalue weighted by Gasteiger charge is -2.37. The summed E-state index contributed by atoms with van der Waals surface area (Å²) in [5, 5.41) is 0. The van der Waals surface area contributed by atoms with Gasteiger partial charge in [0.1, 0.15) is 0 Å². The van der Waals surface area contributed by atoms with Crippen LogP contribution < -0.4 is 5.73 Å². The topological polar surface area (TPSA) is 66.6 Å². The van der Waals surface area contributed by atoms with E-state index in [1.54, 1.807) is 28.6 Å². The monoisotopic (exact) mass is 297 g/mol. The molecule has 20 heavy (non-hydrogen) atoms. The minimum Gasteiger partial charge on any atom is -0.399 e. The van der Waals surface area contributed by atoms with Gasteiger partial charge in [0.15, 0.2) is 0 Å². The summed E-state index contributed by atoms with van der Waals surface area (Å²) < 4.78 is 26.6. The van der Waals surface area contributed by atoms with Gasteiger partial charge in [-0.05, 0) is 37.6 Å². The molecule has 1 atom stereocenters. The van der Waals surface area contributed by atoms with E-state index >= 15 is 0 Å². The summed E-state index contributed by atoms with van der Waals surface area (Å²) in [4.78, 5) is 2.67. The van der Waals surface area contributed by atoms with Crippen LogP contribution in [-0.4, -0.2) is 49.8 Å². The van der Waals surface area contributed by atoms with Crippen molar-refractivity contribution in [1.29, 1.82) is 0 Å². The molecule has 0 aliphatic carbocycles. The molecule has 0 saturated carbocycles. The van der Waals surface area contributed by atoms with Gasteiger partial charge in [-0.3, -0.25) is 4.90 Å². The van der Waals surface area contributed by atoms with Gasteiger partial charge in [0.2, 0.25) is 10.0 Å². The number of benzene rings is 1. The second-order valence-corrected chi connectivity index (χ2v) is 7.20. The fourth-order valence-electron chi connectivity index (χ4n) is 2.43. The lowest BCUT2D eigenvalue weighted by atomic mass is 10.2. The standard InChI is InChI=1S/C14H23N3O2S/c1-3-12(2)16-8-10-17(11-9-16)20(18,19)14-6-4-13(15)5-7-14/h4-7,12H,3,8-11,15H2,1-2H3. The van der Waals surface area contributed by atoms with E-state index in [1.165, 1.54) is 0 Å². The van der Waals surface area contributed by atoms with Gasteiger partial charge in [-0.15, -0.1) is 0 Å². The van der Waals surface area contributed by atoms with E-state index in [2.05, 4.69) is 18.7 Å². The molecule has 2 rings (SSSR count). The second kappa shape index (κ2) is 6.11. The van der Waals surface area contributed by atoms with Crippen LogP contribution in [0.2, 0.25) is 0 Å². The highest BCUT2D eigenvalue weighted by atomic mass is 32.2. The van der Waals surface area contributed by atoms with Crippen molar-refractivity contribution in [3.8, 4) is 0 Å². The van der Waals surface area contributed by atoms with Crippen molar-refractivity contribution < 1.29 is 8.42 Å². The Balaban J connectivity index is 2.07. The Kier molecular flexibility index (Phi) is 4.67. The van der Waals surface area contributed by atoms with Gasteiger partial charge in [-0.2, -0.15) is 4.31 Å². The summed E-state index contributed by atoms with van der Waals surface area (Å²) in [6.07, 6.45) is 1.09. The highest BCUT2D eigenvalue weighted by Gasteiger charge is 2.29. The zero-order chi connectivity index (χ0) is 14.8. The predicted octanol–water partition coefficient (Wildman–Crippen LogP) is 1.37. The van der Waals surface area contributed by atoms with Crippen LogP contribution in [0.5, 0.6) is 0 Å². The summed E-state index contributed by atoms with van der Waals surface area (Å²) in [7, 11) is -3.38. The van der Waals surface area contributed by atoms with E-state index in [0.717, 1.165) is 19.5 Å². The van der Waals surface area contributed by atoms with Gasteiger partial charge in [-0.25, -0.2) is 8.42 Å². The third-order valence-corrected chi connectivity index (χ3v) is 5.92. The number of rotatable bonds is 4. The second-order valence-electron chi connectivity index (χ2n) is 5.27. The van der Waals surface area contributed by atoms with Crippen LogP contribution in [0.4, 0.5) is 5.69 Å². The first-order valence-electron chi connectivity index (χ1n) is 7.05. The molecule has 0 aromatic heterocycles. The van der Waals surface area contributed by atoms with Crippen molar-refractivity contribution in [2.45, 2.75) is 31.2 Å². The third-order valence-electron chi connectivity index (χ3n) is 4.01. The average Bonchev–Trinajstić information content (AvgIpc) is 2.47. The largest absolute Gasteiger partial charge is 0.399 e. The van der Waals surface area contributed by atoms with Crippen LogP contribution in [0.3, 0.4) is 0 Å². The van der Waals surface area contributed by atoms with Crippen molar-refractivity contribution in [2.24, 2.45) is 0 Å². The van der Waals surface area contributed by atoms with Crippen LogP contribution in [0.25, 0.3) is 0 Å². The zero-order valence-electron chi connectivity index (χ0n) is 12.1. The summed E-state index contributed by atoms with van der Waals surface area (Å²) in [5.41, 5.74) is 6.17. The van der Waals surface area contributed by atoms with Crippen molar-refractivity contribution >= 4 is 15.7 Å². The molecule has 1 aromatic carbocycles. The Bertz CT molecular complexity index is 534. The van der Waals surface area contributed by atoms with Crippen molar-refractivity contribution in [3.63, 3.8) is 0 Å². The number of hydrogen-bond acceptors (Lipinski definition) is 4. The molecule has 1 aliphatic heterocycles. The van der Waals surface area contributed by atoms with Gasteiger partial charge in [0.05, 0.1) is 4.90 Å². The first-order valence-corrected chi connectivity index (χ1v) is 8.49. The SMILES string of the molecule is CCC(C)N1CCN(S(=O)(=O)c2ccc(N)cc2)CC1. The number of anilines is 1. The van der Waals surface area contributed by atoms with Gasteiger partial charge in [0, 0.05) is 37.9 Å². The molecule has 1 saturated heterocycles. The van der Waals surface area contributed by atoms with Crippen LogP contribution in [-0.2, 0) is 10.0 Å². The highest BCUT2D eigenvalue weighted by molar-refractivity contribution is 7.89. The van der Waals surface area contributed by atoms with E-state index in [-0.39, 0.29) is 0 Å². The molecule has 0 radical (unpaired) electrons. The molecule has 1 unspecified atom stereocenters. The molecule has 1 aromatic rings. The highest BCUT2D eigenvalue weighted by Crippen LogP contribution is 2.19. The predicted molar refractivity (Wildman–Crippen MR) is 80.9 cm³/mol. The fourth-order valence-corrected chi connectivity index (χ4v) is 3.85. The molecule has 5 nitrogen and oxygen atoms in total. The van der Waals surface area contributed by atoms with Crippen molar-refractivity contribution in [1.82, 2.24) is 9.21 Å². The quantitative estimate of drug-likeness (QED) is 0.853. The fraction of sp³-hybridized carbons (Fsp3) is 0.571. The van der Waals surface area contributed by atoms with Gasteiger partial charge in [0.25, 0.3) is 0 Å². The first-order chi connectivity index (χ1) is 9.45. The third kappa shape index (κ3) is 3.13. The van der Waals surface area contributed by atoms with E-state index in [4.69, 9.17) is 5.73 Å². The minimum atomic E-state index is -3.38. The van der Waals surface area contributed by atoms with E-state index in [0.29, 0.717) is 29.7 Å². The van der Waals surface area contributed by atoms with Crippen LogP contribution in [0.15, 0.2) is 29.2 Å². The summed E-state index contributed by atoms with van der Waals surface area (Å²) >= 11 is 0. The molecule has 0 amide bonds. The Hall–Kier alpha value is -1.11. The zero-order valence-corrected chi connectivity index (χ0v) is 12.9. The molecule has 112 valence electrons. The number of nitrogens with two attached hydrogens (primary N) is 1. The molecule has 0 spiro atoms. The summed E-state index contributed by atoms with van der Waals surface area (Å²) in [5.74, 6) is 0. The maximum absolute atomic E-state index is 12.5. The summed E-state index contributed by atoms with van der Waals surface area (Å²) in [6.45, 7) is 7.03. The van der Waals surface area contributed by atoms with Gasteiger partial charge >= 0.3 is 0 Å². The molecule has 1 fully saturated rings. The smallest absolute Gasteiger partial charge is 0.243 e. The number of hydrogen-bond donors (Lipinski definition) is 1.